The number of nitrogens with one attached hydrogen (secondary N) is 2. The Labute approximate surface area is 132 Å². The van der Waals surface area contributed by atoms with Gasteiger partial charge in [-0.15, -0.1) is 0 Å². The van der Waals surface area contributed by atoms with Gasteiger partial charge >= 0.3 is 23.7 Å². The number of rotatable bonds is 2. The number of hydroxylamine groups is 1. The van der Waals surface area contributed by atoms with Crippen LogP contribution in [0.3, 0.4) is 0 Å². The predicted octanol–water partition coefficient (Wildman–Crippen LogP) is -3.69. The highest BCUT2D eigenvalue weighted by atomic mass is 16.5. The molecule has 1 saturated heterocycles. The summed E-state index contributed by atoms with van der Waals surface area (Å²) in [6, 6.07) is -1.30. The van der Waals surface area contributed by atoms with Crippen LogP contribution in [0.15, 0.2) is 0 Å². The van der Waals surface area contributed by atoms with Gasteiger partial charge in [0.05, 0.1) is 6.04 Å². The summed E-state index contributed by atoms with van der Waals surface area (Å²) in [5.74, 6) is 0.232. The Balaban J connectivity index is 2.13. The number of nitrogens with two attached hydrogens (primary N) is 3. The van der Waals surface area contributed by atoms with Crippen LogP contribution in [0.4, 0.5) is 4.79 Å². The lowest BCUT2D eigenvalue weighted by Crippen LogP contribution is -2.78. The van der Waals surface area contributed by atoms with Gasteiger partial charge in [0, 0.05) is 6.42 Å². The average molecular weight is 329 g/mol. The van der Waals surface area contributed by atoms with E-state index >= 15 is 0 Å². The van der Waals surface area contributed by atoms with Gasteiger partial charge in [-0.1, -0.05) is 0 Å². The molecule has 128 valence electrons. The molecular weight excluding hydrogens is 306 g/mol. The normalized spacial score (nSPS) is 42.0. The maximum atomic E-state index is 11.0. The molecule has 3 unspecified atom stereocenters. The van der Waals surface area contributed by atoms with E-state index in [2.05, 4.69) is 10.6 Å². The van der Waals surface area contributed by atoms with Gasteiger partial charge in [-0.25, -0.2) is 9.37 Å². The number of aliphatic hydroxyl groups is 1. The number of guanidine groups is 2. The van der Waals surface area contributed by atoms with Crippen LogP contribution in [0.25, 0.3) is 0 Å². The van der Waals surface area contributed by atoms with Crippen molar-refractivity contribution in [2.45, 2.75) is 49.7 Å². The Morgan fingerprint density at radius 3 is 2.70 bits per heavy atom. The van der Waals surface area contributed by atoms with E-state index in [-0.39, 0.29) is 24.6 Å². The second kappa shape index (κ2) is 4.54. The van der Waals surface area contributed by atoms with Crippen LogP contribution >= 0.6 is 0 Å². The van der Waals surface area contributed by atoms with Crippen molar-refractivity contribution in [2.24, 2.45) is 17.2 Å². The van der Waals surface area contributed by atoms with E-state index in [9.17, 15) is 15.1 Å². The molecule has 11 heteroatoms. The van der Waals surface area contributed by atoms with E-state index in [0.29, 0.717) is 6.42 Å². The number of carbonyl (C=O) groups excluding carboxylic acids is 1. The quantitative estimate of drug-likeness (QED) is 0.200. The first-order valence-electron chi connectivity index (χ1n) is 7.34. The molecule has 23 heavy (non-hydrogen) atoms. The van der Waals surface area contributed by atoms with Gasteiger partial charge in [0.2, 0.25) is 0 Å². The zero-order valence-corrected chi connectivity index (χ0v) is 13.0. The van der Waals surface area contributed by atoms with Gasteiger partial charge < -0.3 is 20.8 Å². The van der Waals surface area contributed by atoms with Crippen LogP contribution in [0.2, 0.25) is 0 Å². The second-order valence-corrected chi connectivity index (χ2v) is 6.51. The third kappa shape index (κ3) is 1.76. The van der Waals surface area contributed by atoms with E-state index in [1.165, 1.54) is 0 Å². The van der Waals surface area contributed by atoms with Crippen LogP contribution in [-0.4, -0.2) is 73.6 Å². The minimum Gasteiger partial charge on any atom is -0.446 e. The molecular formula is C12H23N7O4+2. The van der Waals surface area contributed by atoms with E-state index in [4.69, 9.17) is 21.9 Å². The maximum Gasteiger partial charge on any atom is 0.404 e. The van der Waals surface area contributed by atoms with Crippen molar-refractivity contribution in [3.8, 4) is 0 Å². The van der Waals surface area contributed by atoms with E-state index in [1.807, 2.05) is 6.92 Å². The molecule has 3 aliphatic heterocycles. The first-order valence-corrected chi connectivity index (χ1v) is 7.34. The minimum absolute atomic E-state index is 0.0186. The molecule has 0 aromatic rings. The van der Waals surface area contributed by atoms with Crippen LogP contribution in [0.1, 0.15) is 20.3 Å². The summed E-state index contributed by atoms with van der Waals surface area (Å²) < 4.78 is 7.38. The van der Waals surface area contributed by atoms with Gasteiger partial charge in [-0.2, -0.15) is 0 Å². The van der Waals surface area contributed by atoms with Crippen molar-refractivity contribution in [1.82, 2.24) is 10.6 Å². The SMILES string of the molecule is CC1C[C@](C)(O)C23C(NC(N)=[N+]2O)[C@H](COC(N)=O)NC(N)=[N+]13. The van der Waals surface area contributed by atoms with Crippen molar-refractivity contribution in [3.63, 3.8) is 0 Å². The third-order valence-electron chi connectivity index (χ3n) is 4.98. The highest BCUT2D eigenvalue weighted by Gasteiger charge is 2.77. The van der Waals surface area contributed by atoms with Crippen molar-refractivity contribution in [3.05, 3.63) is 0 Å². The Morgan fingerprint density at radius 1 is 1.43 bits per heavy atom. The molecule has 0 saturated carbocycles. The molecule has 0 aromatic heterocycles. The molecule has 5 atom stereocenters. The summed E-state index contributed by atoms with van der Waals surface area (Å²) in [5, 5.41) is 27.6. The van der Waals surface area contributed by atoms with Crippen LogP contribution in [-0.2, 0) is 4.74 Å². The standard InChI is InChI=1S/C12H21N7O4/c1-5-3-11(2,21)12-7(17-9(14)19(12)22)6(4-23-10(15)20)16-8(13)18(5)12/h5-7,21-22H,3-4H2,1-2H3,(H6,13,14,15,16,17,20)/p+2/t5?,6-,7?,11-,12?/m0/s1. The molecule has 0 aliphatic carbocycles. The lowest BCUT2D eigenvalue weighted by Gasteiger charge is -2.41. The number of hydrogen-bond acceptors (Lipinski definition) is 8. The topological polar surface area (TPSA) is 175 Å². The summed E-state index contributed by atoms with van der Waals surface area (Å²) in [5.41, 5.74) is 14.3. The Kier molecular flexibility index (Phi) is 3.05. The average Bonchev–Trinajstić information content (AvgIpc) is 2.81. The Morgan fingerprint density at radius 2 is 2.09 bits per heavy atom. The summed E-state index contributed by atoms with van der Waals surface area (Å²) in [7, 11) is 0. The number of primary amides is 1. The van der Waals surface area contributed by atoms with Gasteiger partial charge in [0.1, 0.15) is 18.2 Å². The zero-order chi connectivity index (χ0) is 17.2. The van der Waals surface area contributed by atoms with E-state index in [0.717, 1.165) is 4.74 Å². The summed E-state index contributed by atoms with van der Waals surface area (Å²) in [6.07, 6.45) is -0.564. The highest BCUT2D eigenvalue weighted by Crippen LogP contribution is 2.45. The molecule has 1 fully saturated rings. The molecule has 1 spiro atoms. The van der Waals surface area contributed by atoms with Crippen molar-refractivity contribution in [2.75, 3.05) is 6.61 Å². The molecule has 0 aromatic carbocycles. The number of ether oxygens (including phenoxy) is 1. The molecule has 3 heterocycles. The number of nitrogens with zero attached hydrogens (tertiary/aromatic N) is 2. The Hall–Kier alpha value is -2.43. The fourth-order valence-corrected chi connectivity index (χ4v) is 4.32. The van der Waals surface area contributed by atoms with Gasteiger partial charge in [-0.3, -0.25) is 22.1 Å². The zero-order valence-electron chi connectivity index (χ0n) is 13.0. The molecule has 1 amide bonds. The molecule has 10 N–H and O–H groups in total. The summed E-state index contributed by atoms with van der Waals surface area (Å²) in [4.78, 5) is 10.9. The fraction of sp³-hybridized carbons (Fsp3) is 0.750. The number of amides is 1. The monoisotopic (exact) mass is 329 g/mol. The van der Waals surface area contributed by atoms with Crippen LogP contribution in [0, 0.1) is 0 Å². The van der Waals surface area contributed by atoms with Crippen molar-refractivity contribution in [1.29, 1.82) is 0 Å². The molecule has 3 aliphatic rings. The van der Waals surface area contributed by atoms with Crippen LogP contribution < -0.4 is 27.8 Å². The summed E-state index contributed by atoms with van der Waals surface area (Å²) >= 11 is 0. The smallest absolute Gasteiger partial charge is 0.404 e. The van der Waals surface area contributed by atoms with Crippen molar-refractivity contribution < 1.29 is 29.2 Å². The van der Waals surface area contributed by atoms with Gasteiger partial charge in [0.15, 0.2) is 6.04 Å². The molecule has 0 radical (unpaired) electrons. The first kappa shape index (κ1) is 15.5. The fourth-order valence-electron chi connectivity index (χ4n) is 4.32. The maximum absolute atomic E-state index is 11.0. The van der Waals surface area contributed by atoms with Crippen LogP contribution in [0.5, 0.6) is 0 Å². The lowest BCUT2D eigenvalue weighted by molar-refractivity contribution is -0.948. The first-order chi connectivity index (χ1) is 10.6. The second-order valence-electron chi connectivity index (χ2n) is 6.51. The highest BCUT2D eigenvalue weighted by molar-refractivity contribution is 5.78. The predicted molar refractivity (Wildman–Crippen MR) is 77.5 cm³/mol. The van der Waals surface area contributed by atoms with Gasteiger partial charge in [0.25, 0.3) is 0 Å². The van der Waals surface area contributed by atoms with Crippen molar-refractivity contribution >= 4 is 18.0 Å². The third-order valence-corrected chi connectivity index (χ3v) is 4.98. The molecule has 0 bridgehead atoms. The number of hydrogen-bond donors (Lipinski definition) is 7. The minimum atomic E-state index is -1.34. The summed E-state index contributed by atoms with van der Waals surface area (Å²) in [6.45, 7) is 3.40. The Bertz CT molecular complexity index is 631. The number of carbonyl (C=O) groups is 1. The van der Waals surface area contributed by atoms with E-state index in [1.54, 1.807) is 11.5 Å². The van der Waals surface area contributed by atoms with E-state index < -0.39 is 29.4 Å². The lowest BCUT2D eigenvalue weighted by atomic mass is 9.80. The van der Waals surface area contributed by atoms with Gasteiger partial charge in [-0.05, 0) is 18.6 Å². The largest absolute Gasteiger partial charge is 0.446 e. The molecule has 3 rings (SSSR count). The molecule has 11 nitrogen and oxygen atoms in total.